The van der Waals surface area contributed by atoms with E-state index in [9.17, 15) is 4.39 Å². The van der Waals surface area contributed by atoms with Crippen LogP contribution in [-0.2, 0) is 0 Å². The predicted octanol–water partition coefficient (Wildman–Crippen LogP) is 4.31. The Labute approximate surface area is 111 Å². The van der Waals surface area contributed by atoms with Gasteiger partial charge in [0.05, 0.1) is 0 Å². The van der Waals surface area contributed by atoms with Crippen LogP contribution >= 0.6 is 11.8 Å². The maximum Gasteiger partial charge on any atom is 0.123 e. The molecule has 3 heteroatoms. The van der Waals surface area contributed by atoms with Gasteiger partial charge in [-0.3, -0.25) is 0 Å². The van der Waals surface area contributed by atoms with Crippen molar-refractivity contribution in [3.05, 3.63) is 59.4 Å². The third kappa shape index (κ3) is 2.92. The third-order valence-corrected chi connectivity index (χ3v) is 4.05. The Balaban J connectivity index is 2.37. The van der Waals surface area contributed by atoms with Crippen molar-refractivity contribution < 1.29 is 4.39 Å². The topological polar surface area (TPSA) is 26.0 Å². The Morgan fingerprint density at radius 1 is 1.11 bits per heavy atom. The normalized spacial score (nSPS) is 12.4. The SMILES string of the molecule is Cc1ccccc1Sc1ccc(F)cc1[C@H](C)N. The zero-order valence-electron chi connectivity index (χ0n) is 10.5. The van der Waals surface area contributed by atoms with E-state index in [1.165, 1.54) is 22.6 Å². The minimum Gasteiger partial charge on any atom is -0.324 e. The molecule has 0 aromatic heterocycles. The Bertz CT molecular complexity index is 552. The van der Waals surface area contributed by atoms with Gasteiger partial charge in [0.1, 0.15) is 5.82 Å². The number of benzene rings is 2. The molecule has 0 spiro atoms. The Morgan fingerprint density at radius 2 is 1.83 bits per heavy atom. The van der Waals surface area contributed by atoms with Gasteiger partial charge < -0.3 is 5.73 Å². The maximum atomic E-state index is 13.3. The highest BCUT2D eigenvalue weighted by molar-refractivity contribution is 7.99. The number of nitrogens with two attached hydrogens (primary N) is 1. The minimum atomic E-state index is -0.239. The molecule has 1 atom stereocenters. The van der Waals surface area contributed by atoms with Crippen molar-refractivity contribution in [1.29, 1.82) is 0 Å². The summed E-state index contributed by atoms with van der Waals surface area (Å²) in [7, 11) is 0. The molecule has 0 radical (unpaired) electrons. The second-order valence-corrected chi connectivity index (χ2v) is 5.42. The highest BCUT2D eigenvalue weighted by Crippen LogP contribution is 2.34. The van der Waals surface area contributed by atoms with Crippen molar-refractivity contribution in [3.63, 3.8) is 0 Å². The number of rotatable bonds is 3. The molecule has 2 aromatic carbocycles. The predicted molar refractivity (Wildman–Crippen MR) is 74.3 cm³/mol. The molecule has 94 valence electrons. The molecule has 0 bridgehead atoms. The van der Waals surface area contributed by atoms with Crippen LogP contribution in [0.25, 0.3) is 0 Å². The quantitative estimate of drug-likeness (QED) is 0.891. The Hall–Kier alpha value is -1.32. The second kappa shape index (κ2) is 5.55. The summed E-state index contributed by atoms with van der Waals surface area (Å²) in [6, 6.07) is 12.8. The standard InChI is InChI=1S/C15H16FNS/c1-10-5-3-4-6-14(10)18-15-8-7-12(16)9-13(15)11(2)17/h3-9,11H,17H2,1-2H3/t11-/m0/s1. The van der Waals surface area contributed by atoms with Crippen molar-refractivity contribution in [1.82, 2.24) is 0 Å². The molecule has 2 rings (SSSR count). The number of hydrogen-bond donors (Lipinski definition) is 1. The highest BCUT2D eigenvalue weighted by Gasteiger charge is 2.10. The summed E-state index contributed by atoms with van der Waals surface area (Å²) in [5, 5.41) is 0. The lowest BCUT2D eigenvalue weighted by atomic mass is 10.1. The third-order valence-electron chi connectivity index (χ3n) is 2.78. The van der Waals surface area contributed by atoms with Crippen molar-refractivity contribution >= 4 is 11.8 Å². The lowest BCUT2D eigenvalue weighted by Gasteiger charge is -2.13. The highest BCUT2D eigenvalue weighted by atomic mass is 32.2. The van der Waals surface area contributed by atoms with E-state index in [4.69, 9.17) is 5.73 Å². The molecule has 0 fully saturated rings. The van der Waals surface area contributed by atoms with E-state index < -0.39 is 0 Å². The van der Waals surface area contributed by atoms with E-state index in [1.54, 1.807) is 17.8 Å². The van der Waals surface area contributed by atoms with E-state index in [0.29, 0.717) is 0 Å². The molecule has 0 aliphatic carbocycles. The summed E-state index contributed by atoms with van der Waals surface area (Å²) in [6.07, 6.45) is 0. The number of hydrogen-bond acceptors (Lipinski definition) is 2. The molecule has 1 nitrogen and oxygen atoms in total. The van der Waals surface area contributed by atoms with Gasteiger partial charge in [0.25, 0.3) is 0 Å². The molecular weight excluding hydrogens is 245 g/mol. The fourth-order valence-electron chi connectivity index (χ4n) is 1.76. The van der Waals surface area contributed by atoms with Crippen LogP contribution in [0.15, 0.2) is 52.3 Å². The van der Waals surface area contributed by atoms with Crippen LogP contribution in [0.1, 0.15) is 24.1 Å². The monoisotopic (exact) mass is 261 g/mol. The summed E-state index contributed by atoms with van der Waals surface area (Å²) in [6.45, 7) is 3.94. The molecule has 18 heavy (non-hydrogen) atoms. The summed E-state index contributed by atoms with van der Waals surface area (Å²) >= 11 is 1.63. The van der Waals surface area contributed by atoms with E-state index in [0.717, 1.165) is 10.5 Å². The van der Waals surface area contributed by atoms with E-state index in [-0.39, 0.29) is 11.9 Å². The largest absolute Gasteiger partial charge is 0.324 e. The number of halogens is 1. The molecule has 2 N–H and O–H groups in total. The molecule has 0 heterocycles. The van der Waals surface area contributed by atoms with Crippen LogP contribution < -0.4 is 5.73 Å². The van der Waals surface area contributed by atoms with Crippen molar-refractivity contribution in [2.24, 2.45) is 5.73 Å². The molecule has 0 unspecified atom stereocenters. The van der Waals surface area contributed by atoms with Gasteiger partial charge in [-0.15, -0.1) is 0 Å². The average Bonchev–Trinajstić information content (AvgIpc) is 2.34. The zero-order valence-corrected chi connectivity index (χ0v) is 11.3. The van der Waals surface area contributed by atoms with Gasteiger partial charge in [-0.25, -0.2) is 4.39 Å². The van der Waals surface area contributed by atoms with Crippen LogP contribution in [0.5, 0.6) is 0 Å². The summed E-state index contributed by atoms with van der Waals surface area (Å²) < 4.78 is 13.3. The lowest BCUT2D eigenvalue weighted by Crippen LogP contribution is -2.06. The van der Waals surface area contributed by atoms with E-state index >= 15 is 0 Å². The maximum absolute atomic E-state index is 13.3. The van der Waals surface area contributed by atoms with Gasteiger partial charge in [0.2, 0.25) is 0 Å². The van der Waals surface area contributed by atoms with Gasteiger partial charge in [0, 0.05) is 15.8 Å². The van der Waals surface area contributed by atoms with Crippen LogP contribution in [0.3, 0.4) is 0 Å². The van der Waals surface area contributed by atoms with Gasteiger partial charge in [-0.2, -0.15) is 0 Å². The molecule has 0 saturated heterocycles. The molecule has 0 aliphatic heterocycles. The first-order chi connectivity index (χ1) is 8.58. The second-order valence-electron chi connectivity index (χ2n) is 4.34. The number of aryl methyl sites for hydroxylation is 1. The Morgan fingerprint density at radius 3 is 2.50 bits per heavy atom. The van der Waals surface area contributed by atoms with Gasteiger partial charge in [-0.05, 0) is 49.2 Å². The van der Waals surface area contributed by atoms with E-state index in [2.05, 4.69) is 19.1 Å². The van der Waals surface area contributed by atoms with E-state index in [1.807, 2.05) is 19.1 Å². The molecule has 0 aliphatic rings. The summed E-state index contributed by atoms with van der Waals surface area (Å²) in [4.78, 5) is 2.19. The molecule has 0 saturated carbocycles. The average molecular weight is 261 g/mol. The van der Waals surface area contributed by atoms with Crippen molar-refractivity contribution in [2.75, 3.05) is 0 Å². The smallest absolute Gasteiger partial charge is 0.123 e. The Kier molecular flexibility index (Phi) is 4.04. The van der Waals surface area contributed by atoms with Crippen LogP contribution in [0, 0.1) is 12.7 Å². The summed E-state index contributed by atoms with van der Waals surface area (Å²) in [5.41, 5.74) is 7.96. The lowest BCUT2D eigenvalue weighted by molar-refractivity contribution is 0.619. The van der Waals surface area contributed by atoms with Crippen LogP contribution in [0.4, 0.5) is 4.39 Å². The molecular formula is C15H16FNS. The van der Waals surface area contributed by atoms with Crippen molar-refractivity contribution in [2.45, 2.75) is 29.7 Å². The first-order valence-electron chi connectivity index (χ1n) is 5.86. The fraction of sp³-hybridized carbons (Fsp3) is 0.200. The van der Waals surface area contributed by atoms with Crippen LogP contribution in [-0.4, -0.2) is 0 Å². The zero-order chi connectivity index (χ0) is 13.1. The first kappa shape index (κ1) is 13.1. The molecule has 0 amide bonds. The fourth-order valence-corrected chi connectivity index (χ4v) is 2.87. The van der Waals surface area contributed by atoms with Crippen molar-refractivity contribution in [3.8, 4) is 0 Å². The van der Waals surface area contributed by atoms with Gasteiger partial charge in [-0.1, -0.05) is 30.0 Å². The van der Waals surface area contributed by atoms with Gasteiger partial charge in [0.15, 0.2) is 0 Å². The van der Waals surface area contributed by atoms with Gasteiger partial charge >= 0.3 is 0 Å². The first-order valence-corrected chi connectivity index (χ1v) is 6.68. The molecule has 2 aromatic rings. The van der Waals surface area contributed by atoms with Crippen LogP contribution in [0.2, 0.25) is 0 Å². The minimum absolute atomic E-state index is 0.174. The summed E-state index contributed by atoms with van der Waals surface area (Å²) in [5.74, 6) is -0.239.